The summed E-state index contributed by atoms with van der Waals surface area (Å²) in [7, 11) is -2.47. The van der Waals surface area contributed by atoms with E-state index < -0.39 is 45.5 Å². The number of anilines is 4. The molecule has 2 aliphatic rings. The predicted molar refractivity (Wildman–Crippen MR) is 505 cm³/mol. The number of nitrogens with zero attached hydrogens (tertiary/aromatic N) is 12. The van der Waals surface area contributed by atoms with Crippen molar-refractivity contribution in [2.75, 3.05) is 138 Å². The van der Waals surface area contributed by atoms with Crippen LogP contribution in [-0.2, 0) is 42.6 Å². The molecule has 2 fully saturated rings. The second-order valence-corrected chi connectivity index (χ2v) is 35.6. The predicted octanol–water partition coefficient (Wildman–Crippen LogP) is 19.4. The fourth-order valence-electron chi connectivity index (χ4n) is 16.1. The molecule has 0 saturated carbocycles. The smallest absolute Gasteiger partial charge is 0.411 e. The Bertz CT molecular complexity index is 6240. The van der Waals surface area contributed by atoms with Crippen LogP contribution in [0.1, 0.15) is 109 Å². The van der Waals surface area contributed by atoms with Crippen molar-refractivity contribution >= 4 is 98.6 Å². The lowest BCUT2D eigenvalue weighted by molar-refractivity contribution is -0.0504. The van der Waals surface area contributed by atoms with Gasteiger partial charge in [0.2, 0.25) is 20.0 Å². The summed E-state index contributed by atoms with van der Waals surface area (Å²) in [6.45, 7) is 25.3. The number of benzene rings is 8. The molecule has 690 valence electrons. The minimum absolute atomic E-state index is 0.00985. The van der Waals surface area contributed by atoms with Gasteiger partial charge in [-0.05, 0) is 197 Å². The SMILES string of the molecule is CC(C)n1c(-c2ccc(NS(C)(=O)=O)cc2)c(C#N)c2ccc(OC(F)F)cc21.CCOC(=O)Nc1cccc(-c2c(C#N)c3ccc(OCCCN4CCN(C)CC4)cc3n2CC)c1.CCOC(=O)Nc1cccc(-c2c(C#N)c3ccc(OCCCN4CCN(C)CC4)cc3n2CC)c1.CCS(=O)(=O)Nc1ccc(-c2c(C#N)c3ccc(OC(F)F)cc3n2C(C)C)cc1. The minimum atomic E-state index is -3.41. The first kappa shape index (κ1) is 98.3. The van der Waals surface area contributed by atoms with Gasteiger partial charge >= 0.3 is 25.4 Å². The highest BCUT2D eigenvalue weighted by molar-refractivity contribution is 7.92. The van der Waals surface area contributed by atoms with E-state index in [1.54, 1.807) is 93.6 Å². The molecule has 0 bridgehead atoms. The van der Waals surface area contributed by atoms with Crippen LogP contribution >= 0.6 is 0 Å². The number of aryl methyl sites for hydroxylation is 2. The Morgan fingerprint density at radius 1 is 0.420 bits per heavy atom. The number of alkyl halides is 4. The Morgan fingerprint density at radius 3 is 1.09 bits per heavy atom. The number of likely N-dealkylation sites (N-methyl/N-ethyl adjacent to an activating group) is 2. The monoisotopic (exact) mass is 1830 g/mol. The number of aromatic nitrogens is 4. The Balaban J connectivity index is 0.000000169. The van der Waals surface area contributed by atoms with Crippen LogP contribution in [0.4, 0.5) is 49.9 Å². The quantitative estimate of drug-likeness (QED) is 0.0232. The standard InChI is InChI=1S/2C28H35N5O3.C21H21F2N3O3S.C20H19F2N3O3S/c2*1-4-33-26-19-23(36-17-7-12-32-15-13-31(3)14-16-32)10-11-24(26)25(20-29)27(33)21-8-6-9-22(18-21)30-28(34)35-5-2;1-4-30(27,28)25-15-7-5-14(6-8-15)20-18(12-24)17-10-9-16(29-21(22)23)11-19(17)26(20)13(2)3;1-12(2)25-18-10-15(28-20(21)22)8-9-16(18)17(11-23)19(25)13-4-6-14(7-5-13)24-29(3,26)27/h2*6,8-11,18-19H,4-5,7,12-17H2,1-3H3,(H,30,34);5-11,13,21,25H,4H2,1-3H3;4-10,12,20,24H,1-3H3. The number of sulfonamides is 2. The van der Waals surface area contributed by atoms with E-state index in [-0.39, 0.29) is 29.3 Å². The molecular formula is C97H110F4N16O12S2. The van der Waals surface area contributed by atoms with E-state index in [1.165, 1.54) is 24.3 Å². The van der Waals surface area contributed by atoms with E-state index in [2.05, 4.69) is 111 Å². The van der Waals surface area contributed by atoms with Gasteiger partial charge in [0.15, 0.2) is 0 Å². The molecule has 14 rings (SSSR count). The average molecular weight is 1830 g/mol. The Labute approximate surface area is 761 Å². The molecule has 0 spiro atoms. The van der Waals surface area contributed by atoms with Gasteiger partial charge in [0.25, 0.3) is 0 Å². The van der Waals surface area contributed by atoms with Crippen LogP contribution in [0.5, 0.6) is 23.0 Å². The van der Waals surface area contributed by atoms with E-state index in [4.69, 9.17) is 18.9 Å². The molecule has 2 saturated heterocycles. The van der Waals surface area contributed by atoms with Crippen LogP contribution in [-0.4, -0.2) is 198 Å². The van der Waals surface area contributed by atoms with E-state index in [0.717, 1.165) is 140 Å². The van der Waals surface area contributed by atoms with Gasteiger partial charge in [0.1, 0.15) is 47.3 Å². The number of halogens is 4. The molecule has 6 heterocycles. The summed E-state index contributed by atoms with van der Waals surface area (Å²) in [6, 6.07) is 58.2. The fraction of sp³-hybridized carbons (Fsp3) is 0.361. The van der Waals surface area contributed by atoms with Gasteiger partial charge < -0.3 is 66.3 Å². The van der Waals surface area contributed by atoms with Crippen LogP contribution in [0, 0.1) is 45.3 Å². The van der Waals surface area contributed by atoms with Crippen molar-refractivity contribution in [1.82, 2.24) is 37.9 Å². The van der Waals surface area contributed by atoms with Crippen LogP contribution in [0.2, 0.25) is 0 Å². The van der Waals surface area contributed by atoms with Crippen LogP contribution in [0.3, 0.4) is 0 Å². The molecule has 131 heavy (non-hydrogen) atoms. The summed E-state index contributed by atoms with van der Waals surface area (Å²) in [5.41, 5.74) is 13.2. The number of carbonyl (C=O) groups excluding carboxylic acids is 2. The Kier molecular flexibility index (Phi) is 34.0. The third-order valence-corrected chi connectivity index (χ3v) is 24.1. The van der Waals surface area contributed by atoms with Crippen LogP contribution < -0.4 is 39.0 Å². The molecule has 8 aromatic carbocycles. The molecule has 0 aliphatic carbocycles. The van der Waals surface area contributed by atoms with Gasteiger partial charge in [-0.3, -0.25) is 20.1 Å². The van der Waals surface area contributed by atoms with Crippen molar-refractivity contribution < 1.29 is 72.4 Å². The summed E-state index contributed by atoms with van der Waals surface area (Å²) in [4.78, 5) is 33.5. The van der Waals surface area contributed by atoms with Crippen LogP contribution in [0.15, 0.2) is 170 Å². The Hall–Kier alpha value is -13.3. The second kappa shape index (κ2) is 45.3. The highest BCUT2D eigenvalue weighted by Crippen LogP contribution is 2.43. The largest absolute Gasteiger partial charge is 0.493 e. The number of fused-ring (bicyclic) bond motifs is 4. The number of nitrogens with one attached hydrogen (secondary N) is 4. The zero-order chi connectivity index (χ0) is 94.4. The zero-order valence-electron chi connectivity index (χ0n) is 75.5. The van der Waals surface area contributed by atoms with Gasteiger partial charge in [0, 0.05) is 170 Å². The first-order valence-corrected chi connectivity index (χ1v) is 46.9. The van der Waals surface area contributed by atoms with Gasteiger partial charge in [-0.15, -0.1) is 0 Å². The Morgan fingerprint density at radius 2 is 0.763 bits per heavy atom. The molecule has 4 N–H and O–H groups in total. The summed E-state index contributed by atoms with van der Waals surface area (Å²) in [6.07, 6.45) is 2.02. The fourth-order valence-corrected chi connectivity index (χ4v) is 17.3. The van der Waals surface area contributed by atoms with Crippen molar-refractivity contribution in [1.29, 1.82) is 21.0 Å². The first-order chi connectivity index (χ1) is 62.8. The lowest BCUT2D eigenvalue weighted by Crippen LogP contribution is -2.44. The topological polar surface area (TPSA) is 334 Å². The lowest BCUT2D eigenvalue weighted by atomic mass is 10.1. The number of piperazine rings is 2. The molecule has 0 unspecified atom stereocenters. The maximum Gasteiger partial charge on any atom is 0.411 e. The molecule has 28 nitrogen and oxygen atoms in total. The highest BCUT2D eigenvalue weighted by Gasteiger charge is 2.28. The highest BCUT2D eigenvalue weighted by atomic mass is 32.2. The molecule has 12 aromatic rings. The van der Waals surface area contributed by atoms with Crippen molar-refractivity contribution in [3.05, 3.63) is 192 Å². The minimum Gasteiger partial charge on any atom is -0.493 e. The van der Waals surface area contributed by atoms with Gasteiger partial charge in [-0.1, -0.05) is 48.5 Å². The van der Waals surface area contributed by atoms with E-state index in [1.807, 2.05) is 110 Å². The van der Waals surface area contributed by atoms with Crippen molar-refractivity contribution in [3.8, 4) is 92.3 Å². The number of hydrogen-bond donors (Lipinski definition) is 4. The van der Waals surface area contributed by atoms with Crippen molar-refractivity contribution in [2.45, 2.75) is 114 Å². The third kappa shape index (κ3) is 25.0. The van der Waals surface area contributed by atoms with Crippen molar-refractivity contribution in [3.63, 3.8) is 0 Å². The first-order valence-electron chi connectivity index (χ1n) is 43.4. The maximum atomic E-state index is 12.6. The number of ether oxygens (including phenoxy) is 6. The van der Waals surface area contributed by atoms with Crippen LogP contribution in [0.25, 0.3) is 88.6 Å². The number of carbonyl (C=O) groups is 2. The molecule has 0 radical (unpaired) electrons. The third-order valence-electron chi connectivity index (χ3n) is 22.1. The van der Waals surface area contributed by atoms with Gasteiger partial charge in [-0.25, -0.2) is 26.4 Å². The maximum absolute atomic E-state index is 12.6. The lowest BCUT2D eigenvalue weighted by Gasteiger charge is -2.32. The van der Waals surface area contributed by atoms with Gasteiger partial charge in [-0.2, -0.15) is 38.6 Å². The molecule has 2 amide bonds. The molecular weight excluding hydrogens is 1720 g/mol. The molecule has 0 atom stereocenters. The number of rotatable bonds is 31. The van der Waals surface area contributed by atoms with E-state index >= 15 is 0 Å². The zero-order valence-corrected chi connectivity index (χ0v) is 77.1. The number of nitriles is 4. The molecule has 2 aliphatic heterocycles. The van der Waals surface area contributed by atoms with E-state index in [0.29, 0.717) is 129 Å². The summed E-state index contributed by atoms with van der Waals surface area (Å²) >= 11 is 0. The summed E-state index contributed by atoms with van der Waals surface area (Å²) < 4.78 is 141. The number of amides is 2. The molecule has 34 heteroatoms. The van der Waals surface area contributed by atoms with E-state index in [9.17, 15) is 65.0 Å². The normalized spacial score (nSPS) is 13.3. The summed E-state index contributed by atoms with van der Waals surface area (Å²) in [5, 5.41) is 48.3. The average Bonchev–Trinajstić information content (AvgIpc) is 1.61. The molecule has 4 aromatic heterocycles. The number of hydrogen-bond acceptors (Lipinski definition) is 20. The summed E-state index contributed by atoms with van der Waals surface area (Å²) in [5.74, 6) is 1.59. The van der Waals surface area contributed by atoms with Gasteiger partial charge in [0.05, 0.1) is 106 Å². The second-order valence-electron chi connectivity index (χ2n) is 31.8. The van der Waals surface area contributed by atoms with Crippen molar-refractivity contribution in [2.24, 2.45) is 0 Å².